The molecule has 2 amide bonds. The van der Waals surface area contributed by atoms with Gasteiger partial charge in [0.15, 0.2) is 0 Å². The maximum Gasteiger partial charge on any atom is 0.236 e. The lowest BCUT2D eigenvalue weighted by molar-refractivity contribution is -0.142. The first-order chi connectivity index (χ1) is 23.0. The van der Waals surface area contributed by atoms with Crippen LogP contribution in [0.1, 0.15) is 47.6 Å². The van der Waals surface area contributed by atoms with Crippen LogP contribution in [-0.2, 0) is 29.0 Å². The van der Waals surface area contributed by atoms with E-state index in [9.17, 15) is 9.59 Å². The van der Waals surface area contributed by atoms with Crippen LogP contribution in [0.25, 0.3) is 10.9 Å². The summed E-state index contributed by atoms with van der Waals surface area (Å²) < 4.78 is 6.13. The highest BCUT2D eigenvalue weighted by molar-refractivity contribution is 6.06. The summed E-state index contributed by atoms with van der Waals surface area (Å²) in [5.74, 6) is 1.13. The van der Waals surface area contributed by atoms with E-state index in [1.165, 1.54) is 16.0 Å². The van der Waals surface area contributed by atoms with E-state index in [1.54, 1.807) is 0 Å². The van der Waals surface area contributed by atoms with Gasteiger partial charge in [-0.05, 0) is 79.7 Å². The number of ether oxygens (including phenoxy) is 1. The fourth-order valence-corrected chi connectivity index (χ4v) is 7.21. The average molecular weight is 624 g/mol. The third-order valence-corrected chi connectivity index (χ3v) is 9.97. The molecule has 0 radical (unpaired) electrons. The largest absolute Gasteiger partial charge is 0.487 e. The van der Waals surface area contributed by atoms with Gasteiger partial charge in [-0.1, -0.05) is 97.1 Å². The van der Waals surface area contributed by atoms with Crippen LogP contribution in [0.15, 0.2) is 121 Å². The summed E-state index contributed by atoms with van der Waals surface area (Å²) in [5, 5.41) is 1.12. The van der Waals surface area contributed by atoms with Gasteiger partial charge < -0.3 is 9.64 Å². The standard InChI is InChI=1S/C41H41N3O3/c45-39-28-41(40(46)44(39)24-21-31-9-3-1-4-10-31)22-25-43(26-23-41)29-35(27-32-11-5-2-6-12-32)33-16-19-37(20-17-33)47-30-36-18-15-34-13-7-8-14-38(34)42-36/h1-20,35H,21-30H2. The molecule has 0 N–H and O–H groups in total. The Labute approximate surface area is 277 Å². The van der Waals surface area contributed by atoms with Gasteiger partial charge in [0.1, 0.15) is 12.4 Å². The van der Waals surface area contributed by atoms with Crippen molar-refractivity contribution in [3.05, 3.63) is 144 Å². The lowest BCUT2D eigenvalue weighted by Crippen LogP contribution is -2.46. The minimum absolute atomic E-state index is 0.0139. The number of amides is 2. The molecule has 0 aliphatic carbocycles. The summed E-state index contributed by atoms with van der Waals surface area (Å²) in [6.07, 6.45) is 3.43. The molecule has 0 bridgehead atoms. The van der Waals surface area contributed by atoms with Crippen LogP contribution in [0, 0.1) is 5.41 Å². The summed E-state index contributed by atoms with van der Waals surface area (Å²) in [6, 6.07) is 41.4. The number of hydrogen-bond acceptors (Lipinski definition) is 5. The van der Waals surface area contributed by atoms with Crippen molar-refractivity contribution in [3.63, 3.8) is 0 Å². The SMILES string of the molecule is O=C1CC2(CCN(CC(Cc3ccccc3)c3ccc(OCc4ccc5ccccc5n4)cc3)CC2)C(=O)N1CCc1ccccc1. The van der Waals surface area contributed by atoms with Gasteiger partial charge in [-0.2, -0.15) is 0 Å². The van der Waals surface area contributed by atoms with Gasteiger partial charge in [-0.25, -0.2) is 4.98 Å². The summed E-state index contributed by atoms with van der Waals surface area (Å²) in [5.41, 5.74) is 5.05. The molecular formula is C41H41N3O3. The number of imide groups is 1. The number of carbonyl (C=O) groups is 2. The normalized spacial score (nSPS) is 17.0. The van der Waals surface area contributed by atoms with Gasteiger partial charge >= 0.3 is 0 Å². The molecule has 2 saturated heterocycles. The Morgan fingerprint density at radius 2 is 1.43 bits per heavy atom. The maximum atomic E-state index is 13.6. The Hall–Kier alpha value is -4.81. The number of carbonyl (C=O) groups excluding carboxylic acids is 2. The molecule has 3 heterocycles. The van der Waals surface area contributed by atoms with Crippen LogP contribution in [0.5, 0.6) is 5.75 Å². The van der Waals surface area contributed by atoms with Gasteiger partial charge in [0.25, 0.3) is 0 Å². The lowest BCUT2D eigenvalue weighted by atomic mass is 9.76. The van der Waals surface area contributed by atoms with Crippen LogP contribution in [0.2, 0.25) is 0 Å². The number of pyridine rings is 1. The highest BCUT2D eigenvalue weighted by Crippen LogP contribution is 2.42. The van der Waals surface area contributed by atoms with E-state index in [0.29, 0.717) is 26.0 Å². The molecule has 2 fully saturated rings. The zero-order valence-corrected chi connectivity index (χ0v) is 26.8. The number of nitrogens with zero attached hydrogens (tertiary/aromatic N) is 3. The molecule has 5 aromatic rings. The Bertz CT molecular complexity index is 1820. The maximum absolute atomic E-state index is 13.6. The number of rotatable bonds is 11. The molecule has 238 valence electrons. The number of likely N-dealkylation sites (tertiary alicyclic amines) is 2. The predicted molar refractivity (Wildman–Crippen MR) is 185 cm³/mol. The van der Waals surface area contributed by atoms with Crippen LogP contribution in [0.4, 0.5) is 0 Å². The zero-order valence-electron chi connectivity index (χ0n) is 26.8. The van der Waals surface area contributed by atoms with E-state index in [1.807, 2.05) is 42.5 Å². The van der Waals surface area contributed by atoms with E-state index < -0.39 is 5.41 Å². The molecule has 6 heteroatoms. The number of piperidine rings is 1. The molecular weight excluding hydrogens is 582 g/mol. The monoisotopic (exact) mass is 623 g/mol. The number of benzene rings is 4. The summed E-state index contributed by atoms with van der Waals surface area (Å²) >= 11 is 0. The first-order valence-electron chi connectivity index (χ1n) is 16.8. The van der Waals surface area contributed by atoms with Crippen LogP contribution >= 0.6 is 0 Å². The fourth-order valence-electron chi connectivity index (χ4n) is 7.21. The summed E-state index contributed by atoms with van der Waals surface area (Å²) in [6.45, 7) is 3.41. The lowest BCUT2D eigenvalue weighted by Gasteiger charge is -2.39. The van der Waals surface area contributed by atoms with Gasteiger partial charge in [-0.15, -0.1) is 0 Å². The molecule has 4 aromatic carbocycles. The van der Waals surface area contributed by atoms with Gasteiger partial charge in [0.2, 0.25) is 11.8 Å². The molecule has 2 aliphatic heterocycles. The van der Waals surface area contributed by atoms with Crippen molar-refractivity contribution in [1.82, 2.24) is 14.8 Å². The smallest absolute Gasteiger partial charge is 0.236 e. The molecule has 0 saturated carbocycles. The van der Waals surface area contributed by atoms with Gasteiger partial charge in [0, 0.05) is 30.8 Å². The molecule has 47 heavy (non-hydrogen) atoms. The van der Waals surface area contributed by atoms with Crippen molar-refractivity contribution in [2.45, 2.75) is 44.6 Å². The highest BCUT2D eigenvalue weighted by atomic mass is 16.5. The van der Waals surface area contributed by atoms with E-state index in [4.69, 9.17) is 9.72 Å². The number of fused-ring (bicyclic) bond motifs is 1. The van der Waals surface area contributed by atoms with Crippen LogP contribution in [-0.4, -0.2) is 52.8 Å². The Balaban J connectivity index is 0.987. The summed E-state index contributed by atoms with van der Waals surface area (Å²) in [4.78, 5) is 35.4. The number of aromatic nitrogens is 1. The third kappa shape index (κ3) is 7.13. The fraction of sp³-hybridized carbons (Fsp3) is 0.293. The third-order valence-electron chi connectivity index (χ3n) is 9.97. The van der Waals surface area contributed by atoms with Crippen molar-refractivity contribution < 1.29 is 14.3 Å². The second-order valence-corrected chi connectivity index (χ2v) is 13.1. The molecule has 1 aromatic heterocycles. The van der Waals surface area contributed by atoms with Gasteiger partial charge in [-0.3, -0.25) is 14.5 Å². The van der Waals surface area contributed by atoms with Crippen molar-refractivity contribution in [1.29, 1.82) is 0 Å². The Morgan fingerprint density at radius 1 is 0.745 bits per heavy atom. The first kappa shape index (κ1) is 30.8. The molecule has 7 rings (SSSR count). The molecule has 6 nitrogen and oxygen atoms in total. The molecule has 1 unspecified atom stereocenters. The molecule has 1 spiro atoms. The first-order valence-corrected chi connectivity index (χ1v) is 16.8. The molecule has 2 aliphatic rings. The number of para-hydroxylation sites is 1. The van der Waals surface area contributed by atoms with E-state index in [0.717, 1.165) is 66.8 Å². The van der Waals surface area contributed by atoms with E-state index in [-0.39, 0.29) is 17.7 Å². The van der Waals surface area contributed by atoms with Gasteiger partial charge in [0.05, 0.1) is 16.6 Å². The minimum Gasteiger partial charge on any atom is -0.487 e. The predicted octanol–water partition coefficient (Wildman–Crippen LogP) is 7.22. The van der Waals surface area contributed by atoms with Crippen molar-refractivity contribution >= 4 is 22.7 Å². The zero-order chi connectivity index (χ0) is 32.1. The second kappa shape index (κ2) is 13.9. The Morgan fingerprint density at radius 3 is 2.17 bits per heavy atom. The van der Waals surface area contributed by atoms with Crippen molar-refractivity contribution in [3.8, 4) is 5.75 Å². The van der Waals surface area contributed by atoms with Crippen molar-refractivity contribution in [2.75, 3.05) is 26.2 Å². The quantitative estimate of drug-likeness (QED) is 0.145. The van der Waals surface area contributed by atoms with Crippen LogP contribution < -0.4 is 4.74 Å². The number of hydrogen-bond donors (Lipinski definition) is 0. The highest BCUT2D eigenvalue weighted by Gasteiger charge is 2.52. The second-order valence-electron chi connectivity index (χ2n) is 13.1. The summed E-state index contributed by atoms with van der Waals surface area (Å²) in [7, 11) is 0. The minimum atomic E-state index is -0.544. The van der Waals surface area contributed by atoms with Crippen LogP contribution in [0.3, 0.4) is 0 Å². The van der Waals surface area contributed by atoms with E-state index >= 15 is 0 Å². The Kier molecular flexibility index (Phi) is 9.11. The average Bonchev–Trinajstić information content (AvgIpc) is 3.35. The molecule has 1 atom stereocenters. The topological polar surface area (TPSA) is 62.7 Å². The van der Waals surface area contributed by atoms with E-state index in [2.05, 4.69) is 83.8 Å². The van der Waals surface area contributed by atoms with Crippen molar-refractivity contribution in [2.24, 2.45) is 5.41 Å².